The molecule has 5 rings (SSSR count). The van der Waals surface area contributed by atoms with E-state index in [1.54, 1.807) is 6.07 Å². The molecule has 1 N–H and O–H groups in total. The summed E-state index contributed by atoms with van der Waals surface area (Å²) >= 11 is 0. The minimum Gasteiger partial charge on any atom is -0.309 e. The highest BCUT2D eigenvalue weighted by Gasteiger charge is 2.24. The highest BCUT2D eigenvalue weighted by molar-refractivity contribution is 5.92. The number of aryl methyl sites for hydroxylation is 3. The van der Waals surface area contributed by atoms with Crippen LogP contribution in [-0.4, -0.2) is 15.9 Å². The van der Waals surface area contributed by atoms with Crippen LogP contribution in [0.4, 0.5) is 10.2 Å². The molecule has 1 amide bonds. The monoisotopic (exact) mass is 497 g/mol. The molecule has 0 aliphatic heterocycles. The molecule has 0 radical (unpaired) electrons. The summed E-state index contributed by atoms with van der Waals surface area (Å²) in [6.45, 7) is 6.61. The van der Waals surface area contributed by atoms with Gasteiger partial charge in [-0.25, -0.2) is 14.4 Å². The van der Waals surface area contributed by atoms with Crippen molar-refractivity contribution in [2.24, 2.45) is 5.92 Å². The fourth-order valence-corrected chi connectivity index (χ4v) is 5.62. The number of nitrogens with one attached hydrogen (secondary N) is 1. The number of aromatic nitrogens is 2. The van der Waals surface area contributed by atoms with Gasteiger partial charge in [-0.15, -0.1) is 0 Å². The van der Waals surface area contributed by atoms with Crippen LogP contribution < -0.4 is 5.32 Å². The minimum absolute atomic E-state index is 0.0885. The van der Waals surface area contributed by atoms with Crippen molar-refractivity contribution in [2.45, 2.75) is 78.6 Å². The van der Waals surface area contributed by atoms with E-state index in [9.17, 15) is 9.18 Å². The van der Waals surface area contributed by atoms with Crippen LogP contribution in [0.15, 0.2) is 53.6 Å². The average Bonchev–Trinajstić information content (AvgIpc) is 2.86. The molecule has 0 spiro atoms. The highest BCUT2D eigenvalue weighted by Crippen LogP contribution is 2.35. The summed E-state index contributed by atoms with van der Waals surface area (Å²) in [5.74, 6) is 0.879. The molecular weight excluding hydrogens is 461 g/mol. The molecule has 5 heteroatoms. The second-order valence-corrected chi connectivity index (χ2v) is 10.9. The maximum atomic E-state index is 13.9. The predicted octanol–water partition coefficient (Wildman–Crippen LogP) is 7.33. The summed E-state index contributed by atoms with van der Waals surface area (Å²) in [6.07, 6.45) is 8.25. The molecule has 0 saturated carbocycles. The van der Waals surface area contributed by atoms with Crippen LogP contribution in [0.5, 0.6) is 0 Å². The molecule has 1 heterocycles. The second kappa shape index (κ2) is 11.0. The van der Waals surface area contributed by atoms with Gasteiger partial charge < -0.3 is 5.32 Å². The zero-order valence-electron chi connectivity index (χ0n) is 22.2. The Morgan fingerprint density at radius 2 is 1.84 bits per heavy atom. The first-order valence-electron chi connectivity index (χ1n) is 13.6. The van der Waals surface area contributed by atoms with Gasteiger partial charge in [0.05, 0.1) is 23.5 Å². The Morgan fingerprint density at radius 1 is 1.03 bits per heavy atom. The van der Waals surface area contributed by atoms with Gasteiger partial charge >= 0.3 is 0 Å². The van der Waals surface area contributed by atoms with Gasteiger partial charge in [-0.2, -0.15) is 0 Å². The SMILES string of the molecule is C/C1=C(/Cc2nc3c(nc2NC(=O)Cc2ccc(C)cc2)CCc2cc(F)ccc2-3)CC(C)CCCC1. The fraction of sp³-hybridized carbons (Fsp3) is 0.406. The van der Waals surface area contributed by atoms with Crippen LogP contribution in [-0.2, 0) is 30.5 Å². The maximum Gasteiger partial charge on any atom is 0.229 e. The van der Waals surface area contributed by atoms with Crippen molar-refractivity contribution in [3.63, 3.8) is 0 Å². The first-order valence-corrected chi connectivity index (χ1v) is 13.6. The first kappa shape index (κ1) is 25.3. The molecule has 4 nitrogen and oxygen atoms in total. The molecule has 3 aromatic rings. The highest BCUT2D eigenvalue weighted by atomic mass is 19.1. The van der Waals surface area contributed by atoms with Crippen molar-refractivity contribution >= 4 is 11.7 Å². The quantitative estimate of drug-likeness (QED) is 0.376. The number of nitrogens with zero attached hydrogens (tertiary/aromatic N) is 2. The summed E-state index contributed by atoms with van der Waals surface area (Å²) in [5, 5.41) is 3.11. The Balaban J connectivity index is 1.51. The number of amides is 1. The molecule has 1 atom stereocenters. The Hall–Kier alpha value is -3.34. The average molecular weight is 498 g/mol. The van der Waals surface area contributed by atoms with Crippen LogP contribution in [0.2, 0.25) is 0 Å². The van der Waals surface area contributed by atoms with Crippen molar-refractivity contribution in [3.05, 3.63) is 87.5 Å². The standard InChI is InChI=1S/C32H36FN3O/c1-20-8-10-23(11-9-20)17-30(37)36-32-29(19-25-16-21(2)6-4-5-7-22(25)3)34-31-27-14-13-26(33)18-24(27)12-15-28(31)35-32/h8-11,13-14,18,21H,4-7,12,15-17,19H2,1-3H3,(H,35,36,37)/b25-22-. The van der Waals surface area contributed by atoms with E-state index >= 15 is 0 Å². The van der Waals surface area contributed by atoms with E-state index < -0.39 is 0 Å². The van der Waals surface area contributed by atoms with E-state index in [2.05, 4.69) is 19.2 Å². The molecule has 2 aliphatic rings. The van der Waals surface area contributed by atoms with Gasteiger partial charge in [0.15, 0.2) is 5.82 Å². The number of hydrogen-bond acceptors (Lipinski definition) is 3. The van der Waals surface area contributed by atoms with Crippen molar-refractivity contribution in [3.8, 4) is 11.3 Å². The van der Waals surface area contributed by atoms with Crippen molar-refractivity contribution in [1.82, 2.24) is 9.97 Å². The second-order valence-electron chi connectivity index (χ2n) is 10.9. The third-order valence-electron chi connectivity index (χ3n) is 7.81. The normalized spacial score (nSPS) is 19.4. The van der Waals surface area contributed by atoms with E-state index in [-0.39, 0.29) is 11.7 Å². The number of carbonyl (C=O) groups is 1. The topological polar surface area (TPSA) is 54.9 Å². The lowest BCUT2D eigenvalue weighted by Crippen LogP contribution is -2.20. The van der Waals surface area contributed by atoms with Crippen molar-refractivity contribution in [1.29, 1.82) is 0 Å². The van der Waals surface area contributed by atoms with Crippen LogP contribution >= 0.6 is 0 Å². The summed E-state index contributed by atoms with van der Waals surface area (Å²) in [4.78, 5) is 23.2. The number of benzene rings is 2. The van der Waals surface area contributed by atoms with E-state index in [4.69, 9.17) is 9.97 Å². The summed E-state index contributed by atoms with van der Waals surface area (Å²) in [6, 6.07) is 13.0. The molecule has 2 aromatic carbocycles. The fourth-order valence-electron chi connectivity index (χ4n) is 5.62. The van der Waals surface area contributed by atoms with Gasteiger partial charge in [-0.05, 0) is 81.2 Å². The zero-order valence-corrected chi connectivity index (χ0v) is 22.2. The molecule has 192 valence electrons. The maximum absolute atomic E-state index is 13.9. The van der Waals surface area contributed by atoms with Gasteiger partial charge in [-0.1, -0.05) is 60.7 Å². The first-order chi connectivity index (χ1) is 17.9. The van der Waals surface area contributed by atoms with E-state index in [0.29, 0.717) is 37.4 Å². The van der Waals surface area contributed by atoms with Crippen molar-refractivity contribution < 1.29 is 9.18 Å². The van der Waals surface area contributed by atoms with Gasteiger partial charge in [0.2, 0.25) is 5.91 Å². The zero-order chi connectivity index (χ0) is 25.9. The van der Waals surface area contributed by atoms with Gasteiger partial charge in [0.1, 0.15) is 5.82 Å². The minimum atomic E-state index is -0.223. The summed E-state index contributed by atoms with van der Waals surface area (Å²) < 4.78 is 13.9. The van der Waals surface area contributed by atoms with Crippen LogP contribution in [0.3, 0.4) is 0 Å². The van der Waals surface area contributed by atoms with Crippen LogP contribution in [0.25, 0.3) is 11.3 Å². The molecule has 1 aromatic heterocycles. The van der Waals surface area contributed by atoms with Gasteiger partial charge in [0, 0.05) is 12.0 Å². The van der Waals surface area contributed by atoms with E-state index in [1.165, 1.54) is 42.0 Å². The smallest absolute Gasteiger partial charge is 0.229 e. The summed E-state index contributed by atoms with van der Waals surface area (Å²) in [7, 11) is 0. The molecule has 37 heavy (non-hydrogen) atoms. The van der Waals surface area contributed by atoms with Gasteiger partial charge in [0.25, 0.3) is 0 Å². The molecule has 0 saturated heterocycles. The molecule has 0 fully saturated rings. The van der Waals surface area contributed by atoms with E-state index in [1.807, 2.05) is 37.3 Å². The lowest BCUT2D eigenvalue weighted by Gasteiger charge is -2.24. The molecule has 0 bridgehead atoms. The number of fused-ring (bicyclic) bond motifs is 3. The Bertz CT molecular complexity index is 1340. The Labute approximate surface area is 219 Å². The Morgan fingerprint density at radius 3 is 2.65 bits per heavy atom. The van der Waals surface area contributed by atoms with Crippen LogP contribution in [0.1, 0.15) is 74.0 Å². The largest absolute Gasteiger partial charge is 0.309 e. The third kappa shape index (κ3) is 5.98. The van der Waals surface area contributed by atoms with Crippen LogP contribution in [0, 0.1) is 18.7 Å². The van der Waals surface area contributed by atoms with Gasteiger partial charge in [-0.3, -0.25) is 4.79 Å². The number of carbonyl (C=O) groups excluding carboxylic acids is 1. The van der Waals surface area contributed by atoms with E-state index in [0.717, 1.165) is 46.6 Å². The number of rotatable bonds is 5. The molecule has 1 unspecified atom stereocenters. The Kier molecular flexibility index (Phi) is 7.50. The summed E-state index contributed by atoms with van der Waals surface area (Å²) in [5.41, 5.74) is 9.40. The lowest BCUT2D eigenvalue weighted by molar-refractivity contribution is -0.115. The molecular formula is C32H36FN3O. The number of halogens is 1. The lowest BCUT2D eigenvalue weighted by atomic mass is 9.86. The predicted molar refractivity (Wildman–Crippen MR) is 147 cm³/mol. The third-order valence-corrected chi connectivity index (χ3v) is 7.81. The number of hydrogen-bond donors (Lipinski definition) is 1. The number of anilines is 1. The van der Waals surface area contributed by atoms with Crippen molar-refractivity contribution in [2.75, 3.05) is 5.32 Å². The molecule has 2 aliphatic carbocycles. The number of allylic oxidation sites excluding steroid dienone is 2.